The molecular formula is C81H146O17P2. The highest BCUT2D eigenvalue weighted by Crippen LogP contribution is 2.45. The van der Waals surface area contributed by atoms with E-state index >= 15 is 0 Å². The van der Waals surface area contributed by atoms with Crippen LogP contribution in [0.25, 0.3) is 0 Å². The third-order valence-corrected chi connectivity index (χ3v) is 19.1. The SMILES string of the molecule is CC/C=C\C/C=C\C/C=C\C/C=C\CCCCCCCCC(=O)OCC(COP(=O)(O)OCC(O)COP(=O)(O)OCC(COC(=O)CCCCCCC/C=C\C/C=C\CCCCC)OC(=O)CCCCCCCCCCCCCCCCC)OC(=O)CCCCCCCCCCCCC. The molecular weight excluding hydrogens is 1310 g/mol. The van der Waals surface area contributed by atoms with Gasteiger partial charge in [-0.1, -0.05) is 312 Å². The number of phosphoric acid groups is 2. The van der Waals surface area contributed by atoms with E-state index < -0.39 is 97.5 Å². The smallest absolute Gasteiger partial charge is 0.462 e. The lowest BCUT2D eigenvalue weighted by Gasteiger charge is -2.21. The van der Waals surface area contributed by atoms with Crippen molar-refractivity contribution in [2.45, 2.75) is 380 Å². The Morgan fingerprint density at radius 2 is 0.520 bits per heavy atom. The number of aliphatic hydroxyl groups is 1. The van der Waals surface area contributed by atoms with Crippen LogP contribution in [-0.4, -0.2) is 96.7 Å². The Bertz CT molecular complexity index is 2180. The van der Waals surface area contributed by atoms with Crippen molar-refractivity contribution in [2.24, 2.45) is 0 Å². The van der Waals surface area contributed by atoms with Crippen LogP contribution in [0.15, 0.2) is 72.9 Å². The second-order valence-corrected chi connectivity index (χ2v) is 29.9. The minimum atomic E-state index is -4.97. The van der Waals surface area contributed by atoms with Gasteiger partial charge in [-0.3, -0.25) is 37.3 Å². The van der Waals surface area contributed by atoms with Gasteiger partial charge >= 0.3 is 39.5 Å². The summed E-state index contributed by atoms with van der Waals surface area (Å²) in [6.07, 6.45) is 74.5. The second kappa shape index (κ2) is 73.8. The molecule has 0 aliphatic carbocycles. The van der Waals surface area contributed by atoms with Crippen LogP contribution in [0.5, 0.6) is 0 Å². The van der Waals surface area contributed by atoms with Crippen LogP contribution >= 0.6 is 15.6 Å². The monoisotopic (exact) mass is 1450 g/mol. The van der Waals surface area contributed by atoms with Gasteiger partial charge in [0, 0.05) is 25.7 Å². The summed E-state index contributed by atoms with van der Waals surface area (Å²) in [5.74, 6) is -2.17. The quantitative estimate of drug-likeness (QED) is 0.0169. The van der Waals surface area contributed by atoms with E-state index in [1.807, 2.05) is 0 Å². The molecule has 0 aliphatic rings. The van der Waals surface area contributed by atoms with E-state index in [-0.39, 0.29) is 25.7 Å². The molecule has 0 aliphatic heterocycles. The van der Waals surface area contributed by atoms with Crippen molar-refractivity contribution < 1.29 is 80.2 Å². The van der Waals surface area contributed by atoms with Crippen molar-refractivity contribution >= 4 is 39.5 Å². The zero-order valence-corrected chi connectivity index (χ0v) is 65.4. The van der Waals surface area contributed by atoms with Gasteiger partial charge in [-0.2, -0.15) is 0 Å². The summed E-state index contributed by atoms with van der Waals surface area (Å²) in [6, 6.07) is 0. The molecule has 3 N–H and O–H groups in total. The van der Waals surface area contributed by atoms with Crippen molar-refractivity contribution in [3.05, 3.63) is 72.9 Å². The lowest BCUT2D eigenvalue weighted by Crippen LogP contribution is -2.30. The molecule has 0 fully saturated rings. The van der Waals surface area contributed by atoms with Crippen molar-refractivity contribution in [3.63, 3.8) is 0 Å². The highest BCUT2D eigenvalue weighted by molar-refractivity contribution is 7.47. The summed E-state index contributed by atoms with van der Waals surface area (Å²) in [6.45, 7) is 4.77. The van der Waals surface area contributed by atoms with Crippen molar-refractivity contribution in [1.29, 1.82) is 0 Å². The molecule has 0 aromatic heterocycles. The molecule has 5 atom stereocenters. The molecule has 0 heterocycles. The maximum absolute atomic E-state index is 13.1. The minimum absolute atomic E-state index is 0.0961. The van der Waals surface area contributed by atoms with Gasteiger partial charge in [-0.15, -0.1) is 0 Å². The van der Waals surface area contributed by atoms with Gasteiger partial charge in [0.2, 0.25) is 0 Å². The topological polar surface area (TPSA) is 237 Å². The Hall–Kier alpha value is -3.50. The fourth-order valence-corrected chi connectivity index (χ4v) is 12.6. The number of carbonyl (C=O) groups excluding carboxylic acids is 4. The van der Waals surface area contributed by atoms with Crippen LogP contribution in [0.3, 0.4) is 0 Å². The molecule has 582 valence electrons. The van der Waals surface area contributed by atoms with Crippen LogP contribution in [0, 0.1) is 0 Å². The first-order valence-electron chi connectivity index (χ1n) is 40.2. The molecule has 0 amide bonds. The van der Waals surface area contributed by atoms with Crippen LogP contribution in [-0.2, 0) is 65.4 Å². The first-order chi connectivity index (χ1) is 48.7. The molecule has 0 spiro atoms. The molecule has 0 rings (SSSR count). The van der Waals surface area contributed by atoms with Crippen LogP contribution in [0.2, 0.25) is 0 Å². The summed E-state index contributed by atoms with van der Waals surface area (Å²) in [7, 11) is -9.94. The number of hydrogen-bond acceptors (Lipinski definition) is 15. The Kier molecular flexibility index (Phi) is 71.2. The Morgan fingerprint density at radius 1 is 0.290 bits per heavy atom. The number of ether oxygens (including phenoxy) is 4. The van der Waals surface area contributed by atoms with Gasteiger partial charge in [0.05, 0.1) is 26.4 Å². The third-order valence-electron chi connectivity index (χ3n) is 17.2. The van der Waals surface area contributed by atoms with E-state index in [2.05, 4.69) is 101 Å². The van der Waals surface area contributed by atoms with Gasteiger partial charge in [0.15, 0.2) is 12.2 Å². The molecule has 0 radical (unpaired) electrons. The molecule has 5 unspecified atom stereocenters. The van der Waals surface area contributed by atoms with Crippen molar-refractivity contribution in [3.8, 4) is 0 Å². The summed E-state index contributed by atoms with van der Waals surface area (Å²) >= 11 is 0. The molecule has 17 nitrogen and oxygen atoms in total. The average Bonchev–Trinajstić information content (AvgIpc) is 0.953. The highest BCUT2D eigenvalue weighted by Gasteiger charge is 2.30. The van der Waals surface area contributed by atoms with Crippen molar-refractivity contribution in [2.75, 3.05) is 39.6 Å². The van der Waals surface area contributed by atoms with E-state index in [4.69, 9.17) is 37.0 Å². The number of aliphatic hydroxyl groups excluding tert-OH is 1. The molecule has 0 saturated heterocycles. The summed E-state index contributed by atoms with van der Waals surface area (Å²) < 4.78 is 68.6. The zero-order valence-electron chi connectivity index (χ0n) is 63.6. The number of hydrogen-bond donors (Lipinski definition) is 3. The summed E-state index contributed by atoms with van der Waals surface area (Å²) in [4.78, 5) is 72.9. The molecule has 0 aromatic rings. The normalized spacial score (nSPS) is 14.3. The Balaban J connectivity index is 5.30. The number of allylic oxidation sites excluding steroid dienone is 12. The average molecular weight is 1450 g/mol. The standard InChI is InChI=1S/C81H146O17P2/c1-5-9-13-17-21-25-29-32-35-36-37-38-41-43-47-50-54-58-62-66-79(84)91-71-76(97-80(85)67-63-59-55-51-45-28-24-20-16-12-8-4)73-95-99(87,88)93-69-75(82)70-94-100(89,90)96-74-77(98-81(86)68-64-60-56-52-48-44-40-34-31-27-23-19-15-11-7-3)72-92-78(83)65-61-57-53-49-46-42-39-33-30-26-22-18-14-10-6-2/h9,13,21-22,25-26,32-33,35,37-39,75-77,82H,5-8,10-12,14-20,23-24,27-31,34,36,40-74H2,1-4H3,(H,87,88)(H,89,90)/b13-9-,25-21-,26-22-,35-32-,38-37-,39-33-. The molecule has 19 heteroatoms. The van der Waals surface area contributed by atoms with Gasteiger partial charge in [0.1, 0.15) is 19.3 Å². The zero-order chi connectivity index (χ0) is 73.2. The highest BCUT2D eigenvalue weighted by atomic mass is 31.2. The van der Waals surface area contributed by atoms with E-state index in [1.54, 1.807) is 0 Å². The number of unbranched alkanes of at least 4 members (excludes halogenated alkanes) is 38. The predicted molar refractivity (Wildman–Crippen MR) is 409 cm³/mol. The number of carbonyl (C=O) groups is 4. The van der Waals surface area contributed by atoms with Gasteiger partial charge in [0.25, 0.3) is 0 Å². The predicted octanol–water partition coefficient (Wildman–Crippen LogP) is 23.2. The first kappa shape index (κ1) is 96.5. The molecule has 100 heavy (non-hydrogen) atoms. The van der Waals surface area contributed by atoms with E-state index in [1.165, 1.54) is 122 Å². The number of esters is 4. The first-order valence-corrected chi connectivity index (χ1v) is 43.2. The van der Waals surface area contributed by atoms with E-state index in [0.717, 1.165) is 161 Å². The van der Waals surface area contributed by atoms with Crippen LogP contribution in [0.1, 0.15) is 362 Å². The second-order valence-electron chi connectivity index (χ2n) is 27.0. The van der Waals surface area contributed by atoms with Crippen LogP contribution < -0.4 is 0 Å². The maximum Gasteiger partial charge on any atom is 0.472 e. The Morgan fingerprint density at radius 3 is 0.820 bits per heavy atom. The van der Waals surface area contributed by atoms with Gasteiger partial charge in [-0.25, -0.2) is 9.13 Å². The fraction of sp³-hybridized carbons (Fsp3) is 0.802. The van der Waals surface area contributed by atoms with Gasteiger partial charge < -0.3 is 33.8 Å². The van der Waals surface area contributed by atoms with E-state index in [9.17, 15) is 43.2 Å². The number of rotatable bonds is 76. The maximum atomic E-state index is 13.1. The lowest BCUT2D eigenvalue weighted by atomic mass is 10.0. The fourth-order valence-electron chi connectivity index (χ4n) is 11.1. The minimum Gasteiger partial charge on any atom is -0.462 e. The molecule has 0 saturated carbocycles. The molecule has 0 bridgehead atoms. The van der Waals surface area contributed by atoms with Crippen molar-refractivity contribution in [1.82, 2.24) is 0 Å². The lowest BCUT2D eigenvalue weighted by molar-refractivity contribution is -0.161. The summed E-state index contributed by atoms with van der Waals surface area (Å²) in [5.41, 5.74) is 0. The third kappa shape index (κ3) is 72.8. The van der Waals surface area contributed by atoms with E-state index in [0.29, 0.717) is 25.7 Å². The summed E-state index contributed by atoms with van der Waals surface area (Å²) in [5, 5.41) is 10.6. The van der Waals surface area contributed by atoms with Gasteiger partial charge in [-0.05, 0) is 96.3 Å². The van der Waals surface area contributed by atoms with Crippen LogP contribution in [0.4, 0.5) is 0 Å². The largest absolute Gasteiger partial charge is 0.472 e. The number of phosphoric ester groups is 2. The Labute approximate surface area is 609 Å². The molecule has 0 aromatic carbocycles.